The molecule has 0 saturated carbocycles. The molecule has 0 radical (unpaired) electrons. The van der Waals surface area contributed by atoms with Crippen LogP contribution < -0.4 is 0 Å². The number of hydrogen-bond donors (Lipinski definition) is 0. The smallest absolute Gasteiger partial charge is 0.159 e. The molecule has 6 heteroatoms. The fourth-order valence-electron chi connectivity index (χ4n) is 2.59. The molecule has 1 aliphatic rings. The zero-order valence-corrected chi connectivity index (χ0v) is 12.1. The first-order chi connectivity index (χ1) is 10.7. The molecule has 0 amide bonds. The van der Waals surface area contributed by atoms with E-state index in [1.165, 1.54) is 12.1 Å². The summed E-state index contributed by atoms with van der Waals surface area (Å²) >= 11 is 6.29. The minimum absolute atomic E-state index is 0.324. The van der Waals surface area contributed by atoms with Crippen LogP contribution in [0.4, 0.5) is 4.39 Å². The van der Waals surface area contributed by atoms with Crippen molar-refractivity contribution in [3.63, 3.8) is 0 Å². The van der Waals surface area contributed by atoms with Gasteiger partial charge in [-0.15, -0.1) is 10.2 Å². The van der Waals surface area contributed by atoms with Gasteiger partial charge in [0.25, 0.3) is 0 Å². The summed E-state index contributed by atoms with van der Waals surface area (Å²) < 4.78 is 15.6. The van der Waals surface area contributed by atoms with Crippen LogP contribution in [0.3, 0.4) is 0 Å². The van der Waals surface area contributed by atoms with E-state index in [1.807, 2.05) is 22.8 Å². The molecule has 0 N–H and O–H groups in total. The Labute approximate surface area is 130 Å². The maximum atomic E-state index is 13.8. The van der Waals surface area contributed by atoms with Crippen LogP contribution in [0.2, 0.25) is 5.02 Å². The number of fused-ring (bicyclic) bond motifs is 3. The Kier molecular flexibility index (Phi) is 3.01. The molecule has 0 fully saturated rings. The Morgan fingerprint density at radius 2 is 1.95 bits per heavy atom. The Bertz CT molecular complexity index is 901. The molecule has 4 nitrogen and oxygen atoms in total. The number of nitrogens with zero attached hydrogens (tertiary/aromatic N) is 4. The van der Waals surface area contributed by atoms with Gasteiger partial charge in [-0.05, 0) is 24.3 Å². The summed E-state index contributed by atoms with van der Waals surface area (Å²) in [6.07, 6.45) is 1.61. The zero-order valence-electron chi connectivity index (χ0n) is 11.4. The molecule has 3 aromatic rings. The van der Waals surface area contributed by atoms with Crippen LogP contribution in [-0.2, 0) is 6.54 Å². The first-order valence-corrected chi connectivity index (χ1v) is 7.10. The van der Waals surface area contributed by atoms with E-state index in [0.29, 0.717) is 28.7 Å². The van der Waals surface area contributed by atoms with E-state index in [-0.39, 0.29) is 5.82 Å². The number of halogens is 2. The van der Waals surface area contributed by atoms with E-state index < -0.39 is 0 Å². The van der Waals surface area contributed by atoms with Crippen molar-refractivity contribution >= 4 is 17.3 Å². The molecule has 1 aromatic heterocycles. The number of hydrogen-bond acceptors (Lipinski definition) is 3. The monoisotopic (exact) mass is 312 g/mol. The second kappa shape index (κ2) is 5.03. The van der Waals surface area contributed by atoms with Gasteiger partial charge in [0.2, 0.25) is 0 Å². The third-order valence-corrected chi connectivity index (χ3v) is 3.93. The number of rotatable bonds is 1. The molecule has 0 atom stereocenters. The average Bonchev–Trinajstić information content (AvgIpc) is 2.92. The molecule has 0 unspecified atom stereocenters. The third kappa shape index (κ3) is 2.02. The third-order valence-electron chi connectivity index (χ3n) is 3.60. The van der Waals surface area contributed by atoms with E-state index in [9.17, 15) is 4.39 Å². The van der Waals surface area contributed by atoms with Crippen LogP contribution in [0.1, 0.15) is 17.0 Å². The van der Waals surface area contributed by atoms with Gasteiger partial charge in [-0.3, -0.25) is 9.56 Å². The van der Waals surface area contributed by atoms with Crippen LogP contribution in [0, 0.1) is 5.82 Å². The summed E-state index contributed by atoms with van der Waals surface area (Å²) in [5, 5.41) is 8.55. The highest BCUT2D eigenvalue weighted by Gasteiger charge is 2.21. The lowest BCUT2D eigenvalue weighted by Crippen LogP contribution is -2.08. The number of aliphatic imine (C=N–C) groups is 1. The van der Waals surface area contributed by atoms with E-state index in [2.05, 4.69) is 15.2 Å². The van der Waals surface area contributed by atoms with Crippen molar-refractivity contribution in [3.8, 4) is 5.69 Å². The lowest BCUT2D eigenvalue weighted by atomic mass is 10.0. The highest BCUT2D eigenvalue weighted by atomic mass is 35.5. The minimum atomic E-state index is -0.324. The molecule has 22 heavy (non-hydrogen) atoms. The van der Waals surface area contributed by atoms with Gasteiger partial charge in [-0.1, -0.05) is 29.8 Å². The first-order valence-electron chi connectivity index (χ1n) is 6.72. The van der Waals surface area contributed by atoms with Gasteiger partial charge in [-0.2, -0.15) is 0 Å². The standard InChI is InChI=1S/C16H10ClFN4/c17-13-4-2-1-3-11(13)16-12-7-10(18)5-6-14(12)22-9-20-21-15(22)8-19-16/h1-7,9H,8H2. The lowest BCUT2D eigenvalue weighted by Gasteiger charge is -2.12. The molecule has 0 spiro atoms. The van der Waals surface area contributed by atoms with Crippen molar-refractivity contribution in [2.24, 2.45) is 4.99 Å². The van der Waals surface area contributed by atoms with Gasteiger partial charge in [-0.25, -0.2) is 4.39 Å². The molecule has 2 heterocycles. The van der Waals surface area contributed by atoms with Crippen molar-refractivity contribution in [3.05, 3.63) is 76.6 Å². The minimum Gasteiger partial charge on any atom is -0.283 e. The summed E-state index contributed by atoms with van der Waals surface area (Å²) in [5.74, 6) is 0.380. The van der Waals surface area contributed by atoms with Gasteiger partial charge < -0.3 is 0 Å². The number of aromatic nitrogens is 3. The Morgan fingerprint density at radius 1 is 1.09 bits per heavy atom. The summed E-state index contributed by atoms with van der Waals surface area (Å²) in [7, 11) is 0. The molecule has 108 valence electrons. The van der Waals surface area contributed by atoms with E-state index >= 15 is 0 Å². The molecule has 1 aliphatic heterocycles. The largest absolute Gasteiger partial charge is 0.283 e. The molecule has 0 saturated heterocycles. The highest BCUT2D eigenvalue weighted by Crippen LogP contribution is 2.27. The summed E-state index contributed by atoms with van der Waals surface area (Å²) in [5.41, 5.74) is 2.89. The summed E-state index contributed by atoms with van der Waals surface area (Å²) in [6.45, 7) is 0.358. The van der Waals surface area contributed by atoms with E-state index in [1.54, 1.807) is 18.5 Å². The SMILES string of the molecule is Fc1ccc2c(c1)C(c1ccccc1Cl)=NCc1nncn1-2. The average molecular weight is 313 g/mol. The Morgan fingerprint density at radius 3 is 2.82 bits per heavy atom. The molecule has 0 bridgehead atoms. The van der Waals surface area contributed by atoms with Crippen molar-refractivity contribution < 1.29 is 4.39 Å². The number of benzene rings is 2. The van der Waals surface area contributed by atoms with Gasteiger partial charge >= 0.3 is 0 Å². The molecular weight excluding hydrogens is 303 g/mol. The van der Waals surface area contributed by atoms with Gasteiger partial charge in [0.1, 0.15) is 18.7 Å². The van der Waals surface area contributed by atoms with E-state index in [0.717, 1.165) is 11.3 Å². The van der Waals surface area contributed by atoms with Crippen molar-refractivity contribution in [1.29, 1.82) is 0 Å². The Balaban J connectivity index is 2.01. The maximum Gasteiger partial charge on any atom is 0.159 e. The molecule has 2 aromatic carbocycles. The van der Waals surface area contributed by atoms with Gasteiger partial charge in [0.15, 0.2) is 5.82 Å². The van der Waals surface area contributed by atoms with Crippen LogP contribution in [0.5, 0.6) is 0 Å². The summed E-state index contributed by atoms with van der Waals surface area (Å²) in [4.78, 5) is 4.59. The first kappa shape index (κ1) is 13.2. The van der Waals surface area contributed by atoms with Crippen LogP contribution in [0.25, 0.3) is 5.69 Å². The zero-order chi connectivity index (χ0) is 15.1. The van der Waals surface area contributed by atoms with Crippen molar-refractivity contribution in [1.82, 2.24) is 14.8 Å². The second-order valence-electron chi connectivity index (χ2n) is 4.92. The van der Waals surface area contributed by atoms with E-state index in [4.69, 9.17) is 11.6 Å². The highest BCUT2D eigenvalue weighted by molar-refractivity contribution is 6.35. The quantitative estimate of drug-likeness (QED) is 0.691. The van der Waals surface area contributed by atoms with Crippen LogP contribution in [0.15, 0.2) is 53.8 Å². The van der Waals surface area contributed by atoms with Crippen molar-refractivity contribution in [2.75, 3.05) is 0 Å². The topological polar surface area (TPSA) is 43.1 Å². The van der Waals surface area contributed by atoms with Crippen LogP contribution in [-0.4, -0.2) is 20.5 Å². The maximum absolute atomic E-state index is 13.8. The fraction of sp³-hybridized carbons (Fsp3) is 0.0625. The lowest BCUT2D eigenvalue weighted by molar-refractivity contribution is 0.627. The predicted octanol–water partition coefficient (Wildman–Crippen LogP) is 3.41. The Hall–Kier alpha value is -2.53. The normalized spacial score (nSPS) is 13.1. The molecular formula is C16H10ClFN4. The van der Waals surface area contributed by atoms with Crippen molar-refractivity contribution in [2.45, 2.75) is 6.54 Å². The summed E-state index contributed by atoms with van der Waals surface area (Å²) in [6, 6.07) is 12.0. The van der Waals surface area contributed by atoms with Crippen LogP contribution >= 0.6 is 11.6 Å². The van der Waals surface area contributed by atoms with Gasteiger partial charge in [0.05, 0.1) is 11.4 Å². The fourth-order valence-corrected chi connectivity index (χ4v) is 2.82. The van der Waals surface area contributed by atoms with Gasteiger partial charge in [0, 0.05) is 16.1 Å². The molecule has 4 rings (SSSR count). The predicted molar refractivity (Wildman–Crippen MR) is 82.1 cm³/mol. The second-order valence-corrected chi connectivity index (χ2v) is 5.33. The molecule has 0 aliphatic carbocycles.